The summed E-state index contributed by atoms with van der Waals surface area (Å²) in [6, 6.07) is 10.1. The number of anilines is 4. The Kier molecular flexibility index (Phi) is 8.01. The van der Waals surface area contributed by atoms with Crippen molar-refractivity contribution >= 4 is 33.9 Å². The summed E-state index contributed by atoms with van der Waals surface area (Å²) in [6.45, 7) is 3.35. The van der Waals surface area contributed by atoms with Gasteiger partial charge in [0.25, 0.3) is 0 Å². The van der Waals surface area contributed by atoms with E-state index in [2.05, 4.69) is 20.4 Å². The standard InChI is InChI=1S/C27H30F3N9O/c1-6-20-17-11-16(14-31)7-8-22(17)39(36-20)25-18(27(28,29)30)15-33-26(35-25)34-21-12-19(32)23(13-24(21)40-5)38(4)10-9-37(2)3/h7-8,11-13,15H,6,9-10,32H2,1-5H3,(H,33,34,35). The van der Waals surface area contributed by atoms with Gasteiger partial charge >= 0.3 is 6.18 Å². The van der Waals surface area contributed by atoms with Crippen LogP contribution in [-0.4, -0.2) is 66.0 Å². The lowest BCUT2D eigenvalue weighted by molar-refractivity contribution is -0.138. The Balaban J connectivity index is 1.79. The minimum absolute atomic E-state index is 0.107. The summed E-state index contributed by atoms with van der Waals surface area (Å²) in [7, 11) is 7.34. The molecular formula is C27H30F3N9O. The molecule has 0 fully saturated rings. The number of benzene rings is 2. The highest BCUT2D eigenvalue weighted by Crippen LogP contribution is 2.38. The summed E-state index contributed by atoms with van der Waals surface area (Å²) in [4.78, 5) is 12.2. The van der Waals surface area contributed by atoms with Crippen LogP contribution in [0.1, 0.15) is 23.7 Å². The molecule has 0 aliphatic rings. The average molecular weight is 554 g/mol. The number of rotatable bonds is 9. The molecule has 0 atom stereocenters. The van der Waals surface area contributed by atoms with Gasteiger partial charge < -0.3 is 25.6 Å². The first kappa shape index (κ1) is 28.4. The number of methoxy groups -OCH3 is 1. The van der Waals surface area contributed by atoms with Crippen molar-refractivity contribution in [2.45, 2.75) is 19.5 Å². The molecule has 2 heterocycles. The quantitative estimate of drug-likeness (QED) is 0.287. The molecule has 0 aliphatic carbocycles. The number of aryl methyl sites for hydroxylation is 1. The first-order valence-electron chi connectivity index (χ1n) is 12.4. The Morgan fingerprint density at radius 1 is 1.15 bits per heavy atom. The van der Waals surface area contributed by atoms with E-state index in [1.54, 1.807) is 24.3 Å². The molecule has 3 N–H and O–H groups in total. The van der Waals surface area contributed by atoms with E-state index in [1.807, 2.05) is 43.9 Å². The molecular weight excluding hydrogens is 523 g/mol. The monoisotopic (exact) mass is 553 g/mol. The van der Waals surface area contributed by atoms with E-state index >= 15 is 0 Å². The number of fused-ring (bicyclic) bond motifs is 1. The summed E-state index contributed by atoms with van der Waals surface area (Å²) >= 11 is 0. The van der Waals surface area contributed by atoms with Gasteiger partial charge in [-0.2, -0.15) is 28.5 Å². The topological polar surface area (TPSA) is 121 Å². The maximum Gasteiger partial charge on any atom is 0.421 e. The molecule has 2 aromatic carbocycles. The van der Waals surface area contributed by atoms with Crippen molar-refractivity contribution in [2.24, 2.45) is 0 Å². The van der Waals surface area contributed by atoms with Gasteiger partial charge in [0.15, 0.2) is 5.82 Å². The number of aromatic nitrogens is 4. The van der Waals surface area contributed by atoms with Crippen LogP contribution in [0.25, 0.3) is 16.7 Å². The molecule has 4 rings (SSSR count). The molecule has 2 aromatic heterocycles. The van der Waals surface area contributed by atoms with Crippen LogP contribution < -0.4 is 20.7 Å². The number of likely N-dealkylation sites (N-methyl/N-ethyl adjacent to an activating group) is 2. The normalized spacial score (nSPS) is 11.6. The molecule has 0 aliphatic heterocycles. The number of hydrogen-bond acceptors (Lipinski definition) is 9. The number of nitriles is 1. The third kappa shape index (κ3) is 5.72. The third-order valence-electron chi connectivity index (χ3n) is 6.38. The number of nitrogens with two attached hydrogens (primary N) is 1. The molecule has 0 saturated heterocycles. The van der Waals surface area contributed by atoms with Crippen LogP contribution in [0.3, 0.4) is 0 Å². The summed E-state index contributed by atoms with van der Waals surface area (Å²) in [5.41, 5.74) is 8.15. The van der Waals surface area contributed by atoms with Crippen molar-refractivity contribution in [2.75, 3.05) is 57.3 Å². The van der Waals surface area contributed by atoms with E-state index in [-0.39, 0.29) is 5.95 Å². The predicted octanol–water partition coefficient (Wildman–Crippen LogP) is 4.60. The van der Waals surface area contributed by atoms with Crippen LogP contribution in [0.15, 0.2) is 36.5 Å². The average Bonchev–Trinajstić information content (AvgIpc) is 3.29. The second-order valence-electron chi connectivity index (χ2n) is 9.45. The van der Waals surface area contributed by atoms with Gasteiger partial charge in [0.1, 0.15) is 11.3 Å². The minimum Gasteiger partial charge on any atom is -0.494 e. The zero-order valence-electron chi connectivity index (χ0n) is 22.8. The number of hydrogen-bond donors (Lipinski definition) is 2. The van der Waals surface area contributed by atoms with Crippen molar-refractivity contribution in [3.05, 3.63) is 53.3 Å². The molecule has 0 unspecified atom stereocenters. The van der Waals surface area contributed by atoms with Gasteiger partial charge in [-0.1, -0.05) is 6.92 Å². The fraction of sp³-hybridized carbons (Fsp3) is 0.333. The fourth-order valence-electron chi connectivity index (χ4n) is 4.24. The molecule has 10 nitrogen and oxygen atoms in total. The number of ether oxygens (including phenoxy) is 1. The van der Waals surface area contributed by atoms with E-state index in [0.717, 1.165) is 16.9 Å². The largest absolute Gasteiger partial charge is 0.494 e. The van der Waals surface area contributed by atoms with Gasteiger partial charge in [-0.25, -0.2) is 9.67 Å². The molecule has 0 saturated carbocycles. The molecule has 0 bridgehead atoms. The number of nitrogens with zero attached hydrogens (tertiary/aromatic N) is 7. The summed E-state index contributed by atoms with van der Waals surface area (Å²) in [5, 5.41) is 17.2. The maximum absolute atomic E-state index is 14.1. The zero-order chi connectivity index (χ0) is 29.2. The number of halogens is 3. The SMILES string of the molecule is CCc1nn(-c2nc(Nc3cc(N)c(N(C)CCN(C)C)cc3OC)ncc2C(F)(F)F)c2ccc(C#N)cc12. The lowest BCUT2D eigenvalue weighted by Crippen LogP contribution is -2.29. The Morgan fingerprint density at radius 2 is 1.90 bits per heavy atom. The van der Waals surface area contributed by atoms with E-state index in [4.69, 9.17) is 10.5 Å². The van der Waals surface area contributed by atoms with Gasteiger partial charge in [0, 0.05) is 37.8 Å². The number of nitrogen functional groups attached to an aromatic ring is 1. The molecule has 40 heavy (non-hydrogen) atoms. The third-order valence-corrected chi connectivity index (χ3v) is 6.38. The van der Waals surface area contributed by atoms with Crippen molar-refractivity contribution in [1.29, 1.82) is 5.26 Å². The highest BCUT2D eigenvalue weighted by atomic mass is 19.4. The molecule has 210 valence electrons. The van der Waals surface area contributed by atoms with Crippen LogP contribution in [0.2, 0.25) is 0 Å². The van der Waals surface area contributed by atoms with Crippen LogP contribution in [0.4, 0.5) is 36.2 Å². The van der Waals surface area contributed by atoms with Gasteiger partial charge in [-0.05, 0) is 44.8 Å². The zero-order valence-corrected chi connectivity index (χ0v) is 22.8. The van der Waals surface area contributed by atoms with Crippen molar-refractivity contribution in [1.82, 2.24) is 24.6 Å². The van der Waals surface area contributed by atoms with E-state index in [1.165, 1.54) is 13.2 Å². The summed E-state index contributed by atoms with van der Waals surface area (Å²) in [5.74, 6) is -0.149. The molecule has 0 amide bonds. The second-order valence-corrected chi connectivity index (χ2v) is 9.45. The molecule has 0 radical (unpaired) electrons. The highest BCUT2D eigenvalue weighted by molar-refractivity contribution is 5.85. The number of alkyl halides is 3. The fourth-order valence-corrected chi connectivity index (χ4v) is 4.24. The van der Waals surface area contributed by atoms with Crippen molar-refractivity contribution in [3.8, 4) is 17.6 Å². The van der Waals surface area contributed by atoms with E-state index in [0.29, 0.717) is 58.4 Å². The Morgan fingerprint density at radius 3 is 2.52 bits per heavy atom. The number of nitrogens with one attached hydrogen (secondary N) is 1. The predicted molar refractivity (Wildman–Crippen MR) is 148 cm³/mol. The summed E-state index contributed by atoms with van der Waals surface area (Å²) in [6.07, 6.45) is -3.58. The van der Waals surface area contributed by atoms with Gasteiger partial charge in [-0.3, -0.25) is 0 Å². The summed E-state index contributed by atoms with van der Waals surface area (Å²) < 4.78 is 48.9. The van der Waals surface area contributed by atoms with Gasteiger partial charge in [0.05, 0.1) is 47.0 Å². The van der Waals surface area contributed by atoms with E-state index in [9.17, 15) is 18.4 Å². The lowest BCUT2D eigenvalue weighted by Gasteiger charge is -2.24. The van der Waals surface area contributed by atoms with Crippen molar-refractivity contribution < 1.29 is 17.9 Å². The first-order chi connectivity index (χ1) is 19.0. The second kappa shape index (κ2) is 11.3. The minimum atomic E-state index is -4.74. The highest BCUT2D eigenvalue weighted by Gasteiger charge is 2.37. The molecule has 0 spiro atoms. The molecule has 4 aromatic rings. The van der Waals surface area contributed by atoms with Crippen LogP contribution in [-0.2, 0) is 12.6 Å². The lowest BCUT2D eigenvalue weighted by atomic mass is 10.1. The van der Waals surface area contributed by atoms with Gasteiger partial charge in [0.2, 0.25) is 5.95 Å². The smallest absolute Gasteiger partial charge is 0.421 e. The van der Waals surface area contributed by atoms with Crippen LogP contribution >= 0.6 is 0 Å². The first-order valence-corrected chi connectivity index (χ1v) is 12.4. The van der Waals surface area contributed by atoms with Crippen LogP contribution in [0, 0.1) is 11.3 Å². The Bertz CT molecular complexity index is 1570. The Labute approximate surface area is 229 Å². The Hall–Kier alpha value is -4.57. The maximum atomic E-state index is 14.1. The van der Waals surface area contributed by atoms with E-state index < -0.39 is 17.6 Å². The molecule has 13 heteroatoms. The van der Waals surface area contributed by atoms with Gasteiger partial charge in [-0.15, -0.1) is 0 Å². The van der Waals surface area contributed by atoms with Crippen molar-refractivity contribution in [3.63, 3.8) is 0 Å². The van der Waals surface area contributed by atoms with Crippen LogP contribution in [0.5, 0.6) is 5.75 Å².